The van der Waals surface area contributed by atoms with E-state index in [4.69, 9.17) is 18.9 Å². The lowest BCUT2D eigenvalue weighted by atomic mass is 10.1. The van der Waals surface area contributed by atoms with Crippen molar-refractivity contribution in [3.8, 4) is 0 Å². The van der Waals surface area contributed by atoms with E-state index in [1.165, 1.54) is 25.2 Å². The highest BCUT2D eigenvalue weighted by Gasteiger charge is 2.35. The van der Waals surface area contributed by atoms with Crippen LogP contribution in [-0.2, 0) is 28.5 Å². The van der Waals surface area contributed by atoms with Gasteiger partial charge >= 0.3 is 11.9 Å². The van der Waals surface area contributed by atoms with Gasteiger partial charge in [0.1, 0.15) is 23.9 Å². The SMILES string of the molecule is COC(=O)C1=C(C(=O)OC)N(c2c(F)cccc2N2CCOCC2)COC1. The fourth-order valence-electron chi connectivity index (χ4n) is 3.15. The Balaban J connectivity index is 2.13. The van der Waals surface area contributed by atoms with E-state index < -0.39 is 17.8 Å². The minimum absolute atomic E-state index is 0.0215. The second-order valence-electron chi connectivity index (χ2n) is 5.92. The molecule has 27 heavy (non-hydrogen) atoms. The van der Waals surface area contributed by atoms with Gasteiger partial charge in [-0.3, -0.25) is 0 Å². The molecule has 0 unspecified atom stereocenters. The Kier molecular flexibility index (Phi) is 5.92. The predicted octanol–water partition coefficient (Wildman–Crippen LogP) is 1.06. The highest BCUT2D eigenvalue weighted by molar-refractivity contribution is 6.04. The molecule has 2 aliphatic rings. The van der Waals surface area contributed by atoms with E-state index in [1.54, 1.807) is 12.1 Å². The number of methoxy groups -OCH3 is 2. The van der Waals surface area contributed by atoms with Gasteiger partial charge in [0.25, 0.3) is 0 Å². The molecule has 0 aromatic heterocycles. The first-order chi connectivity index (χ1) is 13.1. The molecule has 3 rings (SSSR count). The van der Waals surface area contributed by atoms with E-state index in [0.29, 0.717) is 32.0 Å². The normalized spacial score (nSPS) is 17.7. The van der Waals surface area contributed by atoms with Crippen LogP contribution in [0.2, 0.25) is 0 Å². The van der Waals surface area contributed by atoms with Gasteiger partial charge in [-0.15, -0.1) is 0 Å². The number of hydrogen-bond acceptors (Lipinski definition) is 8. The van der Waals surface area contributed by atoms with Crippen molar-refractivity contribution in [2.75, 3.05) is 63.7 Å². The average molecular weight is 380 g/mol. The van der Waals surface area contributed by atoms with Crippen LogP contribution in [0.25, 0.3) is 0 Å². The molecule has 1 saturated heterocycles. The van der Waals surface area contributed by atoms with Gasteiger partial charge in [0.2, 0.25) is 0 Å². The van der Waals surface area contributed by atoms with Gasteiger partial charge in [-0.05, 0) is 12.1 Å². The molecule has 1 aromatic rings. The van der Waals surface area contributed by atoms with E-state index in [0.717, 1.165) is 0 Å². The highest BCUT2D eigenvalue weighted by Crippen LogP contribution is 2.37. The number of ether oxygens (including phenoxy) is 4. The van der Waals surface area contributed by atoms with E-state index in [2.05, 4.69) is 0 Å². The maximum Gasteiger partial charge on any atom is 0.355 e. The van der Waals surface area contributed by atoms with Crippen LogP contribution < -0.4 is 9.80 Å². The molecule has 0 amide bonds. The Morgan fingerprint density at radius 1 is 1.07 bits per heavy atom. The number of para-hydroxylation sites is 1. The number of nitrogens with zero attached hydrogens (tertiary/aromatic N) is 2. The lowest BCUT2D eigenvalue weighted by molar-refractivity contribution is -0.140. The van der Waals surface area contributed by atoms with Crippen molar-refractivity contribution in [3.05, 3.63) is 35.3 Å². The lowest BCUT2D eigenvalue weighted by Gasteiger charge is -2.36. The Morgan fingerprint density at radius 3 is 2.44 bits per heavy atom. The van der Waals surface area contributed by atoms with Crippen molar-refractivity contribution >= 4 is 23.3 Å². The molecule has 0 bridgehead atoms. The summed E-state index contributed by atoms with van der Waals surface area (Å²) in [5, 5.41) is 0. The molecule has 0 radical (unpaired) electrons. The number of benzene rings is 1. The second-order valence-corrected chi connectivity index (χ2v) is 5.92. The topological polar surface area (TPSA) is 77.5 Å². The van der Waals surface area contributed by atoms with E-state index >= 15 is 0 Å². The zero-order valence-electron chi connectivity index (χ0n) is 15.2. The first-order valence-electron chi connectivity index (χ1n) is 8.44. The molecule has 2 heterocycles. The number of hydrogen-bond donors (Lipinski definition) is 0. The summed E-state index contributed by atoms with van der Waals surface area (Å²) in [6.07, 6.45) is 0. The van der Waals surface area contributed by atoms with Crippen LogP contribution in [0.1, 0.15) is 0 Å². The standard InChI is InChI=1S/C18H21FN2O6/c1-24-17(22)12-10-27-11-21(15(12)18(23)25-2)16-13(19)4-3-5-14(16)20-6-8-26-9-7-20/h3-5H,6-11H2,1-2H3. The van der Waals surface area contributed by atoms with Crippen LogP contribution in [-0.4, -0.2) is 65.8 Å². The fourth-order valence-corrected chi connectivity index (χ4v) is 3.15. The number of anilines is 2. The molecule has 1 aromatic carbocycles. The number of morpholine rings is 1. The van der Waals surface area contributed by atoms with Crippen molar-refractivity contribution in [1.29, 1.82) is 0 Å². The molecule has 9 heteroatoms. The van der Waals surface area contributed by atoms with Gasteiger partial charge in [-0.25, -0.2) is 14.0 Å². The Bertz CT molecular complexity index is 760. The Hall–Kier alpha value is -2.65. The van der Waals surface area contributed by atoms with Crippen LogP contribution in [0, 0.1) is 5.82 Å². The summed E-state index contributed by atoms with van der Waals surface area (Å²) >= 11 is 0. The lowest BCUT2D eigenvalue weighted by Crippen LogP contribution is -2.41. The summed E-state index contributed by atoms with van der Waals surface area (Å²) in [5.41, 5.74) is 0.609. The number of rotatable bonds is 4. The summed E-state index contributed by atoms with van der Waals surface area (Å²) in [5.74, 6) is -2.05. The third-order valence-electron chi connectivity index (χ3n) is 4.42. The molecule has 0 atom stereocenters. The van der Waals surface area contributed by atoms with E-state index in [-0.39, 0.29) is 30.3 Å². The first kappa shape index (κ1) is 19.1. The van der Waals surface area contributed by atoms with Crippen LogP contribution in [0.3, 0.4) is 0 Å². The van der Waals surface area contributed by atoms with Gasteiger partial charge in [-0.1, -0.05) is 6.07 Å². The summed E-state index contributed by atoms with van der Waals surface area (Å²) in [6.45, 7) is 1.94. The van der Waals surface area contributed by atoms with Crippen LogP contribution in [0.4, 0.5) is 15.8 Å². The zero-order valence-corrected chi connectivity index (χ0v) is 15.2. The molecule has 1 fully saturated rings. The minimum Gasteiger partial charge on any atom is -0.466 e. The summed E-state index contributed by atoms with van der Waals surface area (Å²) in [4.78, 5) is 27.9. The third kappa shape index (κ3) is 3.74. The zero-order chi connectivity index (χ0) is 19.4. The van der Waals surface area contributed by atoms with Crippen LogP contribution in [0.5, 0.6) is 0 Å². The highest BCUT2D eigenvalue weighted by atomic mass is 19.1. The second kappa shape index (κ2) is 8.36. The van der Waals surface area contributed by atoms with E-state index in [1.807, 2.05) is 4.90 Å². The predicted molar refractivity (Wildman–Crippen MR) is 93.8 cm³/mol. The number of halogens is 1. The quantitative estimate of drug-likeness (QED) is 0.718. The monoisotopic (exact) mass is 380 g/mol. The maximum atomic E-state index is 14.9. The van der Waals surface area contributed by atoms with E-state index in [9.17, 15) is 14.0 Å². The summed E-state index contributed by atoms with van der Waals surface area (Å²) < 4.78 is 35.3. The first-order valence-corrected chi connectivity index (χ1v) is 8.44. The minimum atomic E-state index is -0.769. The average Bonchev–Trinajstić information content (AvgIpc) is 2.72. The van der Waals surface area contributed by atoms with Gasteiger partial charge in [0, 0.05) is 13.1 Å². The largest absolute Gasteiger partial charge is 0.466 e. The van der Waals surface area contributed by atoms with Crippen molar-refractivity contribution in [2.24, 2.45) is 0 Å². The molecule has 0 aliphatic carbocycles. The molecule has 0 saturated carbocycles. The molecular formula is C18H21FN2O6. The molecule has 2 aliphatic heterocycles. The smallest absolute Gasteiger partial charge is 0.355 e. The number of carbonyl (C=O) groups excluding carboxylic acids is 2. The maximum absolute atomic E-state index is 14.9. The molecular weight excluding hydrogens is 359 g/mol. The number of carbonyl (C=O) groups is 2. The molecule has 0 spiro atoms. The van der Waals surface area contributed by atoms with Gasteiger partial charge in [0.05, 0.1) is 45.3 Å². The van der Waals surface area contributed by atoms with Crippen molar-refractivity contribution in [1.82, 2.24) is 0 Å². The van der Waals surface area contributed by atoms with Crippen molar-refractivity contribution < 1.29 is 32.9 Å². The molecule has 8 nitrogen and oxygen atoms in total. The van der Waals surface area contributed by atoms with Gasteiger partial charge in [-0.2, -0.15) is 0 Å². The van der Waals surface area contributed by atoms with Crippen LogP contribution in [0.15, 0.2) is 29.5 Å². The van der Waals surface area contributed by atoms with Crippen molar-refractivity contribution in [2.45, 2.75) is 0 Å². The molecule has 0 N–H and O–H groups in total. The van der Waals surface area contributed by atoms with Gasteiger partial charge in [0.15, 0.2) is 0 Å². The Labute approximate surface area is 156 Å². The summed E-state index contributed by atoms with van der Waals surface area (Å²) in [7, 11) is 2.40. The van der Waals surface area contributed by atoms with Crippen LogP contribution >= 0.6 is 0 Å². The molecule has 146 valence electrons. The summed E-state index contributed by atoms with van der Waals surface area (Å²) in [6, 6.07) is 4.64. The van der Waals surface area contributed by atoms with Crippen molar-refractivity contribution in [3.63, 3.8) is 0 Å². The van der Waals surface area contributed by atoms with Gasteiger partial charge < -0.3 is 28.7 Å². The Morgan fingerprint density at radius 2 is 1.78 bits per heavy atom. The third-order valence-corrected chi connectivity index (χ3v) is 4.42. The number of esters is 2. The fraction of sp³-hybridized carbons (Fsp3) is 0.444.